The lowest BCUT2D eigenvalue weighted by Gasteiger charge is -2.21. The van der Waals surface area contributed by atoms with Crippen LogP contribution in [0.3, 0.4) is 0 Å². The summed E-state index contributed by atoms with van der Waals surface area (Å²) in [5, 5.41) is 17.3. The van der Waals surface area contributed by atoms with Crippen LogP contribution in [0.15, 0.2) is 15.5 Å². The molecule has 1 aliphatic carbocycles. The number of furan rings is 1. The van der Waals surface area contributed by atoms with Crippen molar-refractivity contribution in [2.24, 2.45) is 4.99 Å². The predicted molar refractivity (Wildman–Crippen MR) is 105 cm³/mol. The van der Waals surface area contributed by atoms with E-state index >= 15 is 0 Å². The topological polar surface area (TPSA) is 79.0 Å². The number of aliphatic imine (C=N–C) groups is 1. The van der Waals surface area contributed by atoms with Gasteiger partial charge in [-0.1, -0.05) is 12.8 Å². The molecule has 6 heteroatoms. The van der Waals surface area contributed by atoms with Crippen LogP contribution in [0.2, 0.25) is 0 Å². The number of ether oxygens (including phenoxy) is 1. The molecule has 1 saturated carbocycles. The molecule has 148 valence electrons. The average molecular weight is 366 g/mol. The highest BCUT2D eigenvalue weighted by Crippen LogP contribution is 2.27. The summed E-state index contributed by atoms with van der Waals surface area (Å²) >= 11 is 0. The Morgan fingerprint density at radius 2 is 2.08 bits per heavy atom. The lowest BCUT2D eigenvalue weighted by Crippen LogP contribution is -2.39. The number of guanidine groups is 1. The zero-order chi connectivity index (χ0) is 19.0. The molecule has 3 N–H and O–H groups in total. The monoisotopic (exact) mass is 365 g/mol. The summed E-state index contributed by atoms with van der Waals surface area (Å²) in [5.41, 5.74) is -0.268. The summed E-state index contributed by atoms with van der Waals surface area (Å²) in [6.07, 6.45) is 6.43. The number of hydrogen-bond donors (Lipinski definition) is 3. The van der Waals surface area contributed by atoms with Crippen LogP contribution in [0.4, 0.5) is 0 Å². The molecule has 1 atom stereocenters. The van der Waals surface area contributed by atoms with Gasteiger partial charge in [0.25, 0.3) is 0 Å². The molecule has 1 aliphatic rings. The molecule has 0 aromatic carbocycles. The van der Waals surface area contributed by atoms with Crippen LogP contribution >= 0.6 is 0 Å². The Bertz CT molecular complexity index is 575. The highest BCUT2D eigenvalue weighted by atomic mass is 16.5. The quantitative estimate of drug-likeness (QED) is 0.356. The van der Waals surface area contributed by atoms with Crippen molar-refractivity contribution >= 4 is 5.96 Å². The van der Waals surface area contributed by atoms with E-state index in [2.05, 4.69) is 15.6 Å². The molecule has 1 aromatic rings. The maximum absolute atomic E-state index is 10.8. The number of aliphatic hydroxyl groups is 1. The summed E-state index contributed by atoms with van der Waals surface area (Å²) < 4.78 is 11.4. The van der Waals surface area contributed by atoms with Crippen LogP contribution < -0.4 is 10.6 Å². The first-order valence-electron chi connectivity index (χ1n) is 9.86. The molecule has 0 radical (unpaired) electrons. The standard InChI is InChI=1S/C20H35N3O3/c1-5-21-19(22-11-8-12-25-17-9-6-7-10-17)23-14-20(4,24)18-13-15(2)26-16(18)3/h13,17,24H,5-12,14H2,1-4H3,(H2,21,22,23). The molecule has 0 bridgehead atoms. The third-order valence-corrected chi connectivity index (χ3v) is 4.78. The predicted octanol–water partition coefficient (Wildman–Crippen LogP) is 3.01. The van der Waals surface area contributed by atoms with Gasteiger partial charge in [-0.25, -0.2) is 4.99 Å². The van der Waals surface area contributed by atoms with Gasteiger partial charge < -0.3 is 24.9 Å². The Hall–Kier alpha value is -1.53. The molecule has 1 unspecified atom stereocenters. The smallest absolute Gasteiger partial charge is 0.191 e. The van der Waals surface area contributed by atoms with Gasteiger partial charge in [0, 0.05) is 25.3 Å². The normalized spacial score (nSPS) is 18.1. The van der Waals surface area contributed by atoms with Crippen molar-refractivity contribution in [2.45, 2.75) is 71.5 Å². The molecule has 6 nitrogen and oxygen atoms in total. The minimum atomic E-state index is -1.06. The fourth-order valence-corrected chi connectivity index (χ4v) is 3.41. The molecular weight excluding hydrogens is 330 g/mol. The fraction of sp³-hybridized carbons (Fsp3) is 0.750. The maximum Gasteiger partial charge on any atom is 0.191 e. The highest BCUT2D eigenvalue weighted by molar-refractivity contribution is 5.79. The van der Waals surface area contributed by atoms with Crippen molar-refractivity contribution in [2.75, 3.05) is 26.2 Å². The molecule has 0 amide bonds. The van der Waals surface area contributed by atoms with Gasteiger partial charge in [-0.15, -0.1) is 0 Å². The van der Waals surface area contributed by atoms with E-state index in [1.54, 1.807) is 6.92 Å². The van der Waals surface area contributed by atoms with E-state index < -0.39 is 5.60 Å². The number of rotatable bonds is 9. The summed E-state index contributed by atoms with van der Waals surface area (Å²) in [6, 6.07) is 1.88. The lowest BCUT2D eigenvalue weighted by atomic mass is 9.96. The zero-order valence-corrected chi connectivity index (χ0v) is 16.7. The Morgan fingerprint density at radius 3 is 2.69 bits per heavy atom. The van der Waals surface area contributed by atoms with Crippen molar-refractivity contribution in [1.29, 1.82) is 0 Å². The van der Waals surface area contributed by atoms with Gasteiger partial charge in [-0.3, -0.25) is 0 Å². The zero-order valence-electron chi connectivity index (χ0n) is 16.7. The summed E-state index contributed by atoms with van der Waals surface area (Å²) in [7, 11) is 0. The third-order valence-electron chi connectivity index (χ3n) is 4.78. The van der Waals surface area contributed by atoms with E-state index in [0.717, 1.165) is 43.2 Å². The van der Waals surface area contributed by atoms with Crippen LogP contribution in [0.5, 0.6) is 0 Å². The van der Waals surface area contributed by atoms with Crippen LogP contribution in [-0.2, 0) is 10.3 Å². The number of hydrogen-bond acceptors (Lipinski definition) is 4. The largest absolute Gasteiger partial charge is 0.466 e. The van der Waals surface area contributed by atoms with Gasteiger partial charge in [-0.2, -0.15) is 0 Å². The van der Waals surface area contributed by atoms with Gasteiger partial charge in [-0.05, 0) is 53.0 Å². The van der Waals surface area contributed by atoms with E-state index in [0.29, 0.717) is 12.1 Å². The second-order valence-electron chi connectivity index (χ2n) is 7.35. The van der Waals surface area contributed by atoms with Crippen molar-refractivity contribution < 1.29 is 14.3 Å². The van der Waals surface area contributed by atoms with Gasteiger partial charge in [0.2, 0.25) is 0 Å². The minimum Gasteiger partial charge on any atom is -0.466 e. The van der Waals surface area contributed by atoms with Crippen molar-refractivity contribution in [1.82, 2.24) is 10.6 Å². The van der Waals surface area contributed by atoms with Crippen LogP contribution in [0, 0.1) is 13.8 Å². The van der Waals surface area contributed by atoms with Gasteiger partial charge >= 0.3 is 0 Å². The molecule has 1 aromatic heterocycles. The summed E-state index contributed by atoms with van der Waals surface area (Å²) in [5.74, 6) is 2.25. The molecular formula is C20H35N3O3. The van der Waals surface area contributed by atoms with Crippen LogP contribution in [0.25, 0.3) is 0 Å². The Balaban J connectivity index is 1.80. The lowest BCUT2D eigenvalue weighted by molar-refractivity contribution is 0.0572. The van der Waals surface area contributed by atoms with E-state index in [-0.39, 0.29) is 6.54 Å². The Kier molecular flexibility index (Phi) is 7.97. The Labute approximate surface area is 157 Å². The molecule has 0 aliphatic heterocycles. The molecule has 2 rings (SSSR count). The molecule has 1 fully saturated rings. The maximum atomic E-state index is 10.8. The van der Waals surface area contributed by atoms with Crippen LogP contribution in [0.1, 0.15) is 63.0 Å². The number of aryl methyl sites for hydroxylation is 2. The van der Waals surface area contributed by atoms with E-state index in [4.69, 9.17) is 9.15 Å². The highest BCUT2D eigenvalue weighted by Gasteiger charge is 2.27. The average Bonchev–Trinajstić information content (AvgIpc) is 3.21. The molecule has 0 spiro atoms. The van der Waals surface area contributed by atoms with Gasteiger partial charge in [0.15, 0.2) is 5.96 Å². The van der Waals surface area contributed by atoms with Crippen molar-refractivity contribution in [3.8, 4) is 0 Å². The van der Waals surface area contributed by atoms with E-state index in [1.807, 2.05) is 26.8 Å². The van der Waals surface area contributed by atoms with E-state index in [1.165, 1.54) is 25.7 Å². The number of nitrogens with zero attached hydrogens (tertiary/aromatic N) is 1. The summed E-state index contributed by atoms with van der Waals surface area (Å²) in [6.45, 7) is 10.2. The number of nitrogens with one attached hydrogen (secondary N) is 2. The first kappa shape index (κ1) is 20.8. The Morgan fingerprint density at radius 1 is 1.35 bits per heavy atom. The second-order valence-corrected chi connectivity index (χ2v) is 7.35. The third kappa shape index (κ3) is 6.32. The minimum absolute atomic E-state index is 0.265. The fourth-order valence-electron chi connectivity index (χ4n) is 3.41. The van der Waals surface area contributed by atoms with Crippen molar-refractivity contribution in [3.63, 3.8) is 0 Å². The molecule has 26 heavy (non-hydrogen) atoms. The summed E-state index contributed by atoms with van der Waals surface area (Å²) in [4.78, 5) is 4.55. The van der Waals surface area contributed by atoms with Crippen molar-refractivity contribution in [3.05, 3.63) is 23.2 Å². The molecule has 0 saturated heterocycles. The van der Waals surface area contributed by atoms with E-state index in [9.17, 15) is 5.11 Å². The second kappa shape index (κ2) is 9.97. The van der Waals surface area contributed by atoms with Gasteiger partial charge in [0.05, 0.1) is 12.6 Å². The first-order chi connectivity index (χ1) is 12.4. The first-order valence-corrected chi connectivity index (χ1v) is 9.86. The molecule has 1 heterocycles. The van der Waals surface area contributed by atoms with Gasteiger partial charge in [0.1, 0.15) is 17.1 Å². The van der Waals surface area contributed by atoms with Crippen LogP contribution in [-0.4, -0.2) is 43.4 Å². The SMILES string of the molecule is CCNC(=NCC(C)(O)c1cc(C)oc1C)NCCCOC1CCCC1.